The van der Waals surface area contributed by atoms with Crippen molar-refractivity contribution in [3.63, 3.8) is 0 Å². The number of halogens is 1. The van der Waals surface area contributed by atoms with Crippen molar-refractivity contribution in [3.05, 3.63) is 66.0 Å². The number of likely N-dealkylation sites (tertiary alicyclic amines) is 1. The molecule has 8 nitrogen and oxygen atoms in total. The number of aliphatic carboxylic acids is 2. The lowest BCUT2D eigenvalue weighted by Crippen LogP contribution is -2.54. The number of hydrogen-bond acceptors (Lipinski definition) is 5. The van der Waals surface area contributed by atoms with Crippen molar-refractivity contribution in [1.82, 2.24) is 9.80 Å². The van der Waals surface area contributed by atoms with E-state index in [0.717, 1.165) is 57.7 Å². The third-order valence-corrected chi connectivity index (χ3v) is 6.22. The molecule has 2 saturated heterocycles. The van der Waals surface area contributed by atoms with E-state index < -0.39 is 11.9 Å². The van der Waals surface area contributed by atoms with E-state index in [9.17, 15) is 9.18 Å². The molecule has 0 unspecified atom stereocenters. The summed E-state index contributed by atoms with van der Waals surface area (Å²) in [5.74, 6) is -3.56. The first kappa shape index (κ1) is 25.2. The Balaban J connectivity index is 0.000000481. The van der Waals surface area contributed by atoms with E-state index in [1.54, 1.807) is 6.07 Å². The minimum absolute atomic E-state index is 0.138. The quantitative estimate of drug-likeness (QED) is 0.660. The van der Waals surface area contributed by atoms with Gasteiger partial charge in [0, 0.05) is 45.3 Å². The number of carboxylic acid groups (broad SMARTS) is 2. The second-order valence-corrected chi connectivity index (χ2v) is 8.36. The number of carbonyl (C=O) groups is 3. The summed E-state index contributed by atoms with van der Waals surface area (Å²) in [5, 5.41) is 14.8. The molecule has 0 spiro atoms. The summed E-state index contributed by atoms with van der Waals surface area (Å²) in [6, 6.07) is 17.5. The first-order valence-electron chi connectivity index (χ1n) is 11.4. The van der Waals surface area contributed by atoms with Gasteiger partial charge in [-0.1, -0.05) is 42.5 Å². The monoisotopic (exact) mass is 471 g/mol. The highest BCUT2D eigenvalue weighted by Crippen LogP contribution is 2.23. The molecule has 2 heterocycles. The Kier molecular flexibility index (Phi) is 8.98. The molecule has 0 aromatic heterocycles. The van der Waals surface area contributed by atoms with Crippen LogP contribution in [0, 0.1) is 5.82 Å². The van der Waals surface area contributed by atoms with Gasteiger partial charge in [0.05, 0.1) is 12.1 Å². The van der Waals surface area contributed by atoms with Gasteiger partial charge in [0.15, 0.2) is 0 Å². The van der Waals surface area contributed by atoms with Gasteiger partial charge in [-0.3, -0.25) is 9.69 Å². The zero-order valence-corrected chi connectivity index (χ0v) is 19.0. The summed E-state index contributed by atoms with van der Waals surface area (Å²) in [7, 11) is 0. The van der Waals surface area contributed by atoms with Gasteiger partial charge in [-0.2, -0.15) is 0 Å². The van der Waals surface area contributed by atoms with Crippen molar-refractivity contribution in [1.29, 1.82) is 0 Å². The lowest BCUT2D eigenvalue weighted by Gasteiger charge is -2.43. The van der Waals surface area contributed by atoms with Crippen molar-refractivity contribution in [2.45, 2.75) is 25.3 Å². The average Bonchev–Trinajstić information content (AvgIpc) is 2.85. The summed E-state index contributed by atoms with van der Waals surface area (Å²) in [5.41, 5.74) is 1.79. The van der Waals surface area contributed by atoms with Crippen molar-refractivity contribution in [3.8, 4) is 0 Å². The Morgan fingerprint density at radius 1 is 0.794 bits per heavy atom. The molecule has 0 aliphatic carbocycles. The van der Waals surface area contributed by atoms with Crippen LogP contribution in [0.4, 0.5) is 10.1 Å². The molecule has 0 atom stereocenters. The molecule has 34 heavy (non-hydrogen) atoms. The number of rotatable bonds is 4. The van der Waals surface area contributed by atoms with Gasteiger partial charge in [0.1, 0.15) is 5.82 Å². The van der Waals surface area contributed by atoms with Gasteiger partial charge in [0.25, 0.3) is 0 Å². The Morgan fingerprint density at radius 2 is 1.35 bits per heavy atom. The minimum Gasteiger partial charge on any atom is -0.473 e. The predicted octanol–water partition coefficient (Wildman–Crippen LogP) is 2.34. The molecule has 9 heteroatoms. The molecule has 2 aromatic carbocycles. The van der Waals surface area contributed by atoms with Crippen molar-refractivity contribution < 1.29 is 29.0 Å². The fraction of sp³-hybridized carbons (Fsp3) is 0.400. The largest absolute Gasteiger partial charge is 0.473 e. The molecule has 2 fully saturated rings. The molecule has 4 rings (SSSR count). The lowest BCUT2D eigenvalue weighted by atomic mass is 10.0. The first-order valence-corrected chi connectivity index (χ1v) is 11.4. The van der Waals surface area contributed by atoms with Crippen LogP contribution in [0.5, 0.6) is 0 Å². The topological polar surface area (TPSA) is 101 Å². The molecule has 2 aliphatic heterocycles. The maximum atomic E-state index is 14.0. The highest BCUT2D eigenvalue weighted by Gasteiger charge is 2.29. The van der Waals surface area contributed by atoms with E-state index in [1.807, 2.05) is 47.4 Å². The third kappa shape index (κ3) is 7.02. The van der Waals surface area contributed by atoms with Gasteiger partial charge in [0.2, 0.25) is 5.91 Å². The van der Waals surface area contributed by atoms with E-state index in [2.05, 4.69) is 9.80 Å². The summed E-state index contributed by atoms with van der Waals surface area (Å²) >= 11 is 0. The van der Waals surface area contributed by atoms with Crippen LogP contribution in [0.25, 0.3) is 0 Å². The lowest BCUT2D eigenvalue weighted by molar-refractivity contribution is -0.159. The van der Waals surface area contributed by atoms with Crippen LogP contribution in [0.15, 0.2) is 54.6 Å². The molecular formula is C25H30FN3O5. The number of carboxylic acids is 2. The maximum absolute atomic E-state index is 14.0. The fourth-order valence-electron chi connectivity index (χ4n) is 4.40. The average molecular weight is 472 g/mol. The number of piperidine rings is 1. The zero-order valence-electron chi connectivity index (χ0n) is 19.0. The SMILES string of the molecule is O=C(Cc1ccccc1)N1CCC(N2CCN(c3ccccc3F)CC2)CC1.O=C(O)C(=O)O. The van der Waals surface area contributed by atoms with E-state index in [-0.39, 0.29) is 11.7 Å². The Hall–Kier alpha value is -3.46. The third-order valence-electron chi connectivity index (χ3n) is 6.22. The number of carbonyl (C=O) groups excluding carboxylic acids is 1. The van der Waals surface area contributed by atoms with Crippen LogP contribution in [0.2, 0.25) is 0 Å². The van der Waals surface area contributed by atoms with Gasteiger partial charge in [-0.05, 0) is 30.5 Å². The Bertz CT molecular complexity index is 960. The van der Waals surface area contributed by atoms with Gasteiger partial charge in [-0.25, -0.2) is 14.0 Å². The molecular weight excluding hydrogens is 441 g/mol. The van der Waals surface area contributed by atoms with Crippen LogP contribution >= 0.6 is 0 Å². The summed E-state index contributed by atoms with van der Waals surface area (Å²) in [4.78, 5) is 37.4. The number of nitrogens with zero attached hydrogens (tertiary/aromatic N) is 3. The molecule has 2 aromatic rings. The summed E-state index contributed by atoms with van der Waals surface area (Å²) in [6.45, 7) is 5.30. The van der Waals surface area contributed by atoms with E-state index in [1.165, 1.54) is 6.07 Å². The fourth-order valence-corrected chi connectivity index (χ4v) is 4.40. The number of para-hydroxylation sites is 1. The number of amides is 1. The maximum Gasteiger partial charge on any atom is 0.414 e. The Morgan fingerprint density at radius 3 is 1.91 bits per heavy atom. The molecule has 1 amide bonds. The minimum atomic E-state index is -1.82. The van der Waals surface area contributed by atoms with Crippen LogP contribution in [0.3, 0.4) is 0 Å². The van der Waals surface area contributed by atoms with Crippen molar-refractivity contribution in [2.24, 2.45) is 0 Å². The predicted molar refractivity (Wildman–Crippen MR) is 125 cm³/mol. The standard InChI is InChI=1S/C23H28FN3O.C2H2O4/c24-21-8-4-5-9-22(21)26-16-14-25(15-17-26)20-10-12-27(13-11-20)23(28)18-19-6-2-1-3-7-19;3-1(4)2(5)6/h1-9,20H,10-18H2;(H,3,4)(H,5,6). The van der Waals surface area contributed by atoms with E-state index in [0.29, 0.717) is 18.2 Å². The highest BCUT2D eigenvalue weighted by atomic mass is 19.1. The van der Waals surface area contributed by atoms with E-state index in [4.69, 9.17) is 19.8 Å². The van der Waals surface area contributed by atoms with Crippen LogP contribution in [0.1, 0.15) is 18.4 Å². The second kappa shape index (κ2) is 12.1. The summed E-state index contributed by atoms with van der Waals surface area (Å²) < 4.78 is 14.0. The van der Waals surface area contributed by atoms with E-state index >= 15 is 0 Å². The zero-order chi connectivity index (χ0) is 24.5. The van der Waals surface area contributed by atoms with Crippen molar-refractivity contribution in [2.75, 3.05) is 44.2 Å². The smallest absolute Gasteiger partial charge is 0.414 e. The second-order valence-electron chi connectivity index (χ2n) is 8.36. The number of hydrogen-bond donors (Lipinski definition) is 2. The molecule has 0 radical (unpaired) electrons. The molecule has 0 bridgehead atoms. The van der Waals surface area contributed by atoms with Crippen LogP contribution < -0.4 is 4.90 Å². The van der Waals surface area contributed by atoms with Gasteiger partial charge < -0.3 is 20.0 Å². The normalized spacial score (nSPS) is 17.0. The number of piperazine rings is 1. The summed E-state index contributed by atoms with van der Waals surface area (Å²) in [6.07, 6.45) is 2.55. The Labute approximate surface area is 198 Å². The molecule has 2 N–H and O–H groups in total. The van der Waals surface area contributed by atoms with Gasteiger partial charge >= 0.3 is 11.9 Å². The van der Waals surface area contributed by atoms with Crippen LogP contribution in [-0.2, 0) is 20.8 Å². The van der Waals surface area contributed by atoms with Gasteiger partial charge in [-0.15, -0.1) is 0 Å². The van der Waals surface area contributed by atoms with Crippen molar-refractivity contribution >= 4 is 23.5 Å². The molecule has 2 aliphatic rings. The number of anilines is 1. The number of benzene rings is 2. The highest BCUT2D eigenvalue weighted by molar-refractivity contribution is 6.27. The first-order chi connectivity index (χ1) is 16.3. The molecule has 0 saturated carbocycles. The molecule has 182 valence electrons. The van der Waals surface area contributed by atoms with Crippen LogP contribution in [-0.4, -0.2) is 83.2 Å².